The highest BCUT2D eigenvalue weighted by molar-refractivity contribution is 5.34. The standard InChI is InChI=1S/CH2N4/c2-1-4-5-3/h2-3H. The van der Waals surface area contributed by atoms with Gasteiger partial charge >= 0.3 is 0 Å². The van der Waals surface area contributed by atoms with Crippen LogP contribution in [-0.4, -0.2) is 6.01 Å². The van der Waals surface area contributed by atoms with Crippen LogP contribution < -0.4 is 0 Å². The molecule has 0 fully saturated rings. The van der Waals surface area contributed by atoms with Gasteiger partial charge in [-0.1, -0.05) is 5.10 Å². The molecule has 0 aliphatic rings. The first-order chi connectivity index (χ1) is 2.41. The summed E-state index contributed by atoms with van der Waals surface area (Å²) in [4.78, 5) is 0. The Hall–Kier alpha value is -1.02. The Morgan fingerprint density at radius 3 is 2.20 bits per heavy atom. The average Bonchev–Trinajstić information content (AvgIpc) is 1.41. The van der Waals surface area contributed by atoms with Crippen LogP contribution in [0, 0.1) is 10.9 Å². The normalized spacial score (nSPS) is 4.80. The van der Waals surface area contributed by atoms with E-state index < -0.39 is 0 Å². The van der Waals surface area contributed by atoms with E-state index in [0.29, 0.717) is 0 Å². The van der Waals surface area contributed by atoms with Crippen molar-refractivity contribution in [1.82, 2.24) is 0 Å². The van der Waals surface area contributed by atoms with Crippen molar-refractivity contribution in [3.63, 3.8) is 0 Å². The molecular formula is CH2N4. The molecule has 4 heteroatoms. The summed E-state index contributed by atoms with van der Waals surface area (Å²) >= 11 is 0. The molecule has 0 bridgehead atoms. The topological polar surface area (TPSA) is 72.4 Å². The van der Waals surface area contributed by atoms with Crippen LogP contribution >= 0.6 is 0 Å². The van der Waals surface area contributed by atoms with E-state index in [2.05, 4.69) is 10.3 Å². The molecule has 0 rings (SSSR count). The third-order valence-corrected chi connectivity index (χ3v) is 0.100. The van der Waals surface area contributed by atoms with E-state index in [1.165, 1.54) is 6.01 Å². The lowest BCUT2D eigenvalue weighted by Crippen LogP contribution is -1.35. The van der Waals surface area contributed by atoms with Gasteiger partial charge in [-0.05, 0) is 5.22 Å². The van der Waals surface area contributed by atoms with Gasteiger partial charge in [0, 0.05) is 0 Å². The molecule has 0 heterocycles. The summed E-state index contributed by atoms with van der Waals surface area (Å²) in [5.74, 6) is 0. The smallest absolute Gasteiger partial charge is 0.116 e. The molecule has 0 atom stereocenters. The predicted octanol–water partition coefficient (Wildman–Crippen LogP) is 0.685. The molecule has 0 aliphatic carbocycles. The van der Waals surface area contributed by atoms with Crippen LogP contribution in [0.4, 0.5) is 0 Å². The summed E-state index contributed by atoms with van der Waals surface area (Å²) in [7, 11) is 0. The lowest BCUT2D eigenvalue weighted by Gasteiger charge is -1.46. The number of rotatable bonds is 1. The monoisotopic (exact) mass is 70.0 g/mol. The van der Waals surface area contributed by atoms with Crippen molar-refractivity contribution in [1.29, 1.82) is 10.9 Å². The Labute approximate surface area is 28.5 Å². The van der Waals surface area contributed by atoms with E-state index in [4.69, 9.17) is 10.9 Å². The highest BCUT2D eigenvalue weighted by Crippen LogP contribution is 1.53. The molecule has 26 valence electrons. The zero-order valence-corrected chi connectivity index (χ0v) is 2.39. The van der Waals surface area contributed by atoms with Crippen LogP contribution in [0.1, 0.15) is 0 Å². The first-order valence-corrected chi connectivity index (χ1v) is 0.897. The number of hydrogen-bond donors (Lipinski definition) is 2. The van der Waals surface area contributed by atoms with Gasteiger partial charge < -0.3 is 0 Å². The van der Waals surface area contributed by atoms with Crippen molar-refractivity contribution < 1.29 is 0 Å². The first-order valence-electron chi connectivity index (χ1n) is 0.897. The van der Waals surface area contributed by atoms with E-state index in [9.17, 15) is 0 Å². The van der Waals surface area contributed by atoms with Gasteiger partial charge in [0.05, 0.1) is 0 Å². The van der Waals surface area contributed by atoms with Crippen molar-refractivity contribution in [2.24, 2.45) is 10.3 Å². The third-order valence-electron chi connectivity index (χ3n) is 0.100. The zero-order valence-electron chi connectivity index (χ0n) is 2.39. The Balaban J connectivity index is 3.31. The van der Waals surface area contributed by atoms with Gasteiger partial charge in [-0.3, -0.25) is 0 Å². The van der Waals surface area contributed by atoms with Crippen molar-refractivity contribution in [3.05, 3.63) is 0 Å². The minimum absolute atomic E-state index is 1.54. The average molecular weight is 70.1 g/mol. The zero-order chi connectivity index (χ0) is 4.12. The summed E-state index contributed by atoms with van der Waals surface area (Å²) in [5, 5.41) is 11.1. The highest BCUT2D eigenvalue weighted by Gasteiger charge is 1.38. The molecule has 0 saturated carbocycles. The van der Waals surface area contributed by atoms with Crippen molar-refractivity contribution >= 4 is 6.01 Å². The fourth-order valence-electron chi connectivity index (χ4n) is 0.0250. The number of nitrogens with zero attached hydrogens (tertiary/aromatic N) is 2. The summed E-state index contributed by atoms with van der Waals surface area (Å²) in [6, 6.07) is 1.54. The molecule has 0 radical (unpaired) electrons. The van der Waals surface area contributed by atoms with Crippen LogP contribution in [0.2, 0.25) is 0 Å². The number of hydrogen-bond acceptors (Lipinski definition) is 3. The fraction of sp³-hybridized carbons (Fsp3) is 0. The van der Waals surface area contributed by atoms with E-state index in [1.54, 1.807) is 0 Å². The SMILES string of the molecule is N=C=NN=N. The van der Waals surface area contributed by atoms with Crippen LogP contribution in [0.3, 0.4) is 0 Å². The van der Waals surface area contributed by atoms with Crippen LogP contribution in [0.15, 0.2) is 10.3 Å². The van der Waals surface area contributed by atoms with E-state index in [-0.39, 0.29) is 0 Å². The molecule has 0 aliphatic heterocycles. The molecule has 5 heavy (non-hydrogen) atoms. The third kappa shape index (κ3) is 2.98. The number of nitrogens with one attached hydrogen (secondary N) is 2. The predicted molar refractivity (Wildman–Crippen MR) is 15.3 cm³/mol. The molecule has 0 spiro atoms. The van der Waals surface area contributed by atoms with Crippen LogP contribution in [0.25, 0.3) is 0 Å². The molecule has 0 saturated heterocycles. The lowest BCUT2D eigenvalue weighted by atomic mass is 11.6. The molecule has 0 aromatic carbocycles. The Morgan fingerprint density at radius 1 is 1.60 bits per heavy atom. The van der Waals surface area contributed by atoms with E-state index >= 15 is 0 Å². The second-order valence-electron chi connectivity index (χ2n) is 0.312. The van der Waals surface area contributed by atoms with Crippen molar-refractivity contribution in [2.45, 2.75) is 0 Å². The summed E-state index contributed by atoms with van der Waals surface area (Å²) < 4.78 is 0. The Bertz CT molecular complexity index is 67.7. The van der Waals surface area contributed by atoms with Gasteiger partial charge in [-0.2, -0.15) is 5.53 Å². The van der Waals surface area contributed by atoms with Crippen LogP contribution in [0.5, 0.6) is 0 Å². The minimum atomic E-state index is 1.54. The summed E-state index contributed by atoms with van der Waals surface area (Å²) in [6.07, 6.45) is 0. The molecule has 4 nitrogen and oxygen atoms in total. The van der Waals surface area contributed by atoms with Crippen molar-refractivity contribution in [2.75, 3.05) is 0 Å². The van der Waals surface area contributed by atoms with Crippen molar-refractivity contribution in [3.8, 4) is 0 Å². The summed E-state index contributed by atoms with van der Waals surface area (Å²) in [6.45, 7) is 0. The maximum absolute atomic E-state index is 5.97. The van der Waals surface area contributed by atoms with Gasteiger partial charge in [0.25, 0.3) is 0 Å². The fourth-order valence-corrected chi connectivity index (χ4v) is 0.0250. The van der Waals surface area contributed by atoms with Gasteiger partial charge in [0.1, 0.15) is 6.01 Å². The van der Waals surface area contributed by atoms with Gasteiger partial charge in [0.15, 0.2) is 0 Å². The molecule has 0 aromatic heterocycles. The highest BCUT2D eigenvalue weighted by atomic mass is 15.3. The maximum Gasteiger partial charge on any atom is 0.116 e. The quantitative estimate of drug-likeness (QED) is 0.259. The second kappa shape index (κ2) is 2.98. The van der Waals surface area contributed by atoms with Gasteiger partial charge in [0.2, 0.25) is 0 Å². The largest absolute Gasteiger partial charge is 0.240 e. The van der Waals surface area contributed by atoms with E-state index in [1.807, 2.05) is 0 Å². The summed E-state index contributed by atoms with van der Waals surface area (Å²) in [5.41, 5.74) is 5.88. The molecule has 0 aromatic rings. The Morgan fingerprint density at radius 2 is 2.20 bits per heavy atom. The second-order valence-corrected chi connectivity index (χ2v) is 0.312. The minimum Gasteiger partial charge on any atom is -0.240 e. The lowest BCUT2D eigenvalue weighted by molar-refractivity contribution is 0.995. The molecule has 0 unspecified atom stereocenters. The molecule has 0 amide bonds. The maximum atomic E-state index is 5.97. The first kappa shape index (κ1) is 3.98. The molecular weight excluding hydrogens is 68.0 g/mol. The Kier molecular flexibility index (Phi) is 2.37. The van der Waals surface area contributed by atoms with Gasteiger partial charge in [-0.15, -0.1) is 0 Å². The van der Waals surface area contributed by atoms with E-state index in [0.717, 1.165) is 0 Å². The van der Waals surface area contributed by atoms with Crippen LogP contribution in [-0.2, 0) is 0 Å². The molecule has 2 N–H and O–H groups in total. The van der Waals surface area contributed by atoms with Gasteiger partial charge in [-0.25, -0.2) is 5.41 Å².